The van der Waals surface area contributed by atoms with Gasteiger partial charge in [-0.2, -0.15) is 5.10 Å². The van der Waals surface area contributed by atoms with E-state index in [0.29, 0.717) is 36.9 Å². The van der Waals surface area contributed by atoms with Crippen LogP contribution in [0.25, 0.3) is 10.8 Å². The molecule has 1 N–H and O–H groups in total. The lowest BCUT2D eigenvalue weighted by Crippen LogP contribution is -2.33. The second-order valence-corrected chi connectivity index (χ2v) is 9.39. The van der Waals surface area contributed by atoms with Crippen molar-refractivity contribution in [2.24, 2.45) is 0 Å². The van der Waals surface area contributed by atoms with Gasteiger partial charge in [-0.3, -0.25) is 14.3 Å². The lowest BCUT2D eigenvalue weighted by atomic mass is 10.1. The van der Waals surface area contributed by atoms with E-state index < -0.39 is 6.10 Å². The predicted octanol–water partition coefficient (Wildman–Crippen LogP) is 3.15. The number of benzene rings is 2. The van der Waals surface area contributed by atoms with Crippen molar-refractivity contribution in [2.75, 3.05) is 39.2 Å². The topological polar surface area (TPSA) is 117 Å². The van der Waals surface area contributed by atoms with Crippen LogP contribution in [0.2, 0.25) is 0 Å². The maximum absolute atomic E-state index is 12.7. The summed E-state index contributed by atoms with van der Waals surface area (Å²) >= 11 is 0. The Morgan fingerprint density at radius 1 is 1.18 bits per heavy atom. The van der Waals surface area contributed by atoms with Gasteiger partial charge in [-0.05, 0) is 17.5 Å². The fraction of sp³-hybridized carbons (Fsp3) is 0.310. The van der Waals surface area contributed by atoms with Gasteiger partial charge < -0.3 is 29.2 Å². The summed E-state index contributed by atoms with van der Waals surface area (Å²) in [6, 6.07) is 17.3. The highest BCUT2D eigenvalue weighted by molar-refractivity contribution is 5.94. The number of rotatable bonds is 11. The molecule has 1 saturated heterocycles. The van der Waals surface area contributed by atoms with Gasteiger partial charge in [-0.1, -0.05) is 36.4 Å². The van der Waals surface area contributed by atoms with Crippen molar-refractivity contribution in [3.05, 3.63) is 73.2 Å². The Morgan fingerprint density at radius 3 is 2.90 bits per heavy atom. The first-order chi connectivity index (χ1) is 19.5. The molecule has 40 heavy (non-hydrogen) atoms. The van der Waals surface area contributed by atoms with E-state index in [2.05, 4.69) is 15.4 Å². The lowest BCUT2D eigenvalue weighted by Gasteiger charge is -2.18. The molecule has 2 atom stereocenters. The molecule has 2 aromatic carbocycles. The van der Waals surface area contributed by atoms with E-state index >= 15 is 0 Å². The van der Waals surface area contributed by atoms with E-state index in [0.717, 1.165) is 16.5 Å². The highest BCUT2D eigenvalue weighted by Gasteiger charge is 2.32. The number of pyridine rings is 1. The van der Waals surface area contributed by atoms with Crippen molar-refractivity contribution in [2.45, 2.75) is 25.2 Å². The Balaban J connectivity index is 1.06. The van der Waals surface area contributed by atoms with E-state index in [4.69, 9.17) is 18.9 Å². The summed E-state index contributed by atoms with van der Waals surface area (Å²) in [4.78, 5) is 31.1. The first kappa shape index (κ1) is 26.9. The maximum Gasteiger partial charge on any atom is 0.253 e. The molecule has 5 rings (SSSR count). The summed E-state index contributed by atoms with van der Waals surface area (Å²) in [5.41, 5.74) is 0.478. The number of methoxy groups -OCH3 is 1. The number of carbonyl (C=O) groups is 2. The maximum atomic E-state index is 12.7. The average molecular weight is 546 g/mol. The van der Waals surface area contributed by atoms with Crippen LogP contribution in [0.5, 0.6) is 17.4 Å². The number of amides is 2. The quantitative estimate of drug-likeness (QED) is 0.306. The molecule has 2 aromatic heterocycles. The van der Waals surface area contributed by atoms with Gasteiger partial charge in [0, 0.05) is 37.3 Å². The predicted molar refractivity (Wildman–Crippen MR) is 147 cm³/mol. The minimum atomic E-state index is -0.661. The van der Waals surface area contributed by atoms with E-state index in [1.54, 1.807) is 36.5 Å². The number of hydrogen-bond acceptors (Lipinski definition) is 8. The first-order valence-corrected chi connectivity index (χ1v) is 12.9. The van der Waals surface area contributed by atoms with Crippen LogP contribution in [0.4, 0.5) is 5.69 Å². The van der Waals surface area contributed by atoms with Gasteiger partial charge >= 0.3 is 0 Å². The minimum absolute atomic E-state index is 0.0336. The fourth-order valence-electron chi connectivity index (χ4n) is 4.37. The molecular formula is C29H31N5O6. The molecule has 2 amide bonds. The smallest absolute Gasteiger partial charge is 0.253 e. The van der Waals surface area contributed by atoms with Gasteiger partial charge in [0.05, 0.1) is 32.1 Å². The standard InChI is InChI=1S/C29H31N5O6/c1-33(12-13-38-25-9-5-7-20-6-3-4-8-24(20)25)28(35)18-34-17-21(16-31-34)32-29(36)26-14-23(19-39-26)40-22-10-11-30-27(15-22)37-2/h3-11,15-17,23,26H,12-14,18-19H2,1-2H3,(H,32,36)/t23-,26+/m1/s1. The van der Waals surface area contributed by atoms with Gasteiger partial charge in [-0.15, -0.1) is 0 Å². The molecule has 0 spiro atoms. The lowest BCUT2D eigenvalue weighted by molar-refractivity contribution is -0.131. The fourth-order valence-corrected chi connectivity index (χ4v) is 4.37. The third-order valence-corrected chi connectivity index (χ3v) is 6.53. The van der Waals surface area contributed by atoms with E-state index in [9.17, 15) is 9.59 Å². The number of anilines is 1. The van der Waals surface area contributed by atoms with Crippen molar-refractivity contribution >= 4 is 28.3 Å². The highest BCUT2D eigenvalue weighted by atomic mass is 16.6. The van der Waals surface area contributed by atoms with Crippen molar-refractivity contribution < 1.29 is 28.5 Å². The van der Waals surface area contributed by atoms with Crippen LogP contribution < -0.4 is 19.5 Å². The van der Waals surface area contributed by atoms with Crippen LogP contribution >= 0.6 is 0 Å². The number of nitrogens with zero attached hydrogens (tertiary/aromatic N) is 4. The highest BCUT2D eigenvalue weighted by Crippen LogP contribution is 2.25. The molecule has 3 heterocycles. The second-order valence-electron chi connectivity index (χ2n) is 9.39. The van der Waals surface area contributed by atoms with Gasteiger partial charge in [0.1, 0.15) is 36.9 Å². The Morgan fingerprint density at radius 2 is 2.02 bits per heavy atom. The zero-order valence-corrected chi connectivity index (χ0v) is 22.4. The monoisotopic (exact) mass is 545 g/mol. The van der Waals surface area contributed by atoms with Crippen LogP contribution in [0, 0.1) is 0 Å². The Kier molecular flexibility index (Phi) is 8.41. The summed E-state index contributed by atoms with van der Waals surface area (Å²) in [5.74, 6) is 1.40. The number of likely N-dealkylation sites (N-methyl/N-ethyl adjacent to an activating group) is 1. The number of hydrogen-bond donors (Lipinski definition) is 1. The van der Waals surface area contributed by atoms with Crippen molar-refractivity contribution in [3.63, 3.8) is 0 Å². The summed E-state index contributed by atoms with van der Waals surface area (Å²) in [7, 11) is 3.25. The molecule has 0 unspecified atom stereocenters. The molecule has 1 fully saturated rings. The summed E-state index contributed by atoms with van der Waals surface area (Å²) in [5, 5.41) is 9.14. The van der Waals surface area contributed by atoms with Crippen molar-refractivity contribution in [3.8, 4) is 17.4 Å². The molecule has 208 valence electrons. The number of ether oxygens (including phenoxy) is 4. The SMILES string of the molecule is COc1cc(O[C@H]2CO[C@H](C(=O)Nc3cnn(CC(=O)N(C)CCOc4cccc5ccccc45)c3)C2)ccn1. The zero-order chi connectivity index (χ0) is 27.9. The molecule has 0 radical (unpaired) electrons. The molecular weight excluding hydrogens is 514 g/mol. The Bertz CT molecular complexity index is 1470. The van der Waals surface area contributed by atoms with E-state index in [1.165, 1.54) is 18.0 Å². The van der Waals surface area contributed by atoms with Crippen LogP contribution in [0.3, 0.4) is 0 Å². The minimum Gasteiger partial charge on any atom is -0.491 e. The van der Waals surface area contributed by atoms with Crippen molar-refractivity contribution in [1.29, 1.82) is 0 Å². The molecule has 1 aliphatic rings. The molecule has 0 aliphatic carbocycles. The van der Waals surface area contributed by atoms with E-state index in [-0.39, 0.29) is 31.1 Å². The Hall–Kier alpha value is -4.64. The van der Waals surface area contributed by atoms with Gasteiger partial charge in [-0.25, -0.2) is 4.98 Å². The first-order valence-electron chi connectivity index (χ1n) is 12.9. The average Bonchev–Trinajstić information content (AvgIpc) is 3.62. The van der Waals surface area contributed by atoms with Crippen molar-refractivity contribution in [1.82, 2.24) is 19.7 Å². The summed E-state index contributed by atoms with van der Waals surface area (Å²) < 4.78 is 24.1. The van der Waals surface area contributed by atoms with Gasteiger partial charge in [0.15, 0.2) is 0 Å². The molecule has 11 nitrogen and oxygen atoms in total. The zero-order valence-electron chi connectivity index (χ0n) is 22.4. The number of nitrogens with one attached hydrogen (secondary N) is 1. The molecule has 0 bridgehead atoms. The third-order valence-electron chi connectivity index (χ3n) is 6.53. The van der Waals surface area contributed by atoms with Crippen LogP contribution in [-0.4, -0.2) is 77.6 Å². The molecule has 1 aliphatic heterocycles. The molecule has 0 saturated carbocycles. The molecule has 4 aromatic rings. The van der Waals surface area contributed by atoms with Crippen LogP contribution in [0.1, 0.15) is 6.42 Å². The van der Waals surface area contributed by atoms with Gasteiger partial charge in [0.25, 0.3) is 5.91 Å². The summed E-state index contributed by atoms with van der Waals surface area (Å²) in [6.07, 6.45) is 4.17. The largest absolute Gasteiger partial charge is 0.491 e. The second kappa shape index (κ2) is 12.5. The van der Waals surface area contributed by atoms with Crippen LogP contribution in [-0.2, 0) is 20.9 Å². The Labute approximate surface area is 231 Å². The van der Waals surface area contributed by atoms with Gasteiger partial charge in [0.2, 0.25) is 11.8 Å². The van der Waals surface area contributed by atoms with Crippen LogP contribution in [0.15, 0.2) is 73.2 Å². The molecule has 11 heteroatoms. The number of aromatic nitrogens is 3. The number of carbonyl (C=O) groups excluding carboxylic acids is 2. The number of fused-ring (bicyclic) bond motifs is 1. The normalized spacial score (nSPS) is 16.4. The third kappa shape index (κ3) is 6.67. The van der Waals surface area contributed by atoms with E-state index in [1.807, 2.05) is 42.5 Å². The summed E-state index contributed by atoms with van der Waals surface area (Å²) in [6.45, 7) is 1.10.